The molecule has 2 N–H and O–H groups in total. The maximum Gasteiger partial charge on any atom is 0.501 e. The van der Waals surface area contributed by atoms with E-state index in [-0.39, 0.29) is 5.60 Å². The molecule has 0 aromatic rings. The van der Waals surface area contributed by atoms with E-state index in [1.54, 1.807) is 7.11 Å². The SMILES string of the molecule is CCO[Si](CCCN)(OC)OC(C)(C)C. The molecule has 0 bridgehead atoms. The fraction of sp³-hybridized carbons (Fsp3) is 1.00. The summed E-state index contributed by atoms with van der Waals surface area (Å²) in [5.41, 5.74) is 5.26. The second kappa shape index (κ2) is 6.60. The second-order valence-electron chi connectivity index (χ2n) is 4.43. The fourth-order valence-electron chi connectivity index (χ4n) is 1.36. The van der Waals surface area contributed by atoms with Crippen LogP contribution in [0, 0.1) is 0 Å². The molecule has 0 heterocycles. The summed E-state index contributed by atoms with van der Waals surface area (Å²) in [5.74, 6) is 0. The summed E-state index contributed by atoms with van der Waals surface area (Å²) in [5, 5.41) is 0. The largest absolute Gasteiger partial charge is 0.501 e. The highest BCUT2D eigenvalue weighted by Crippen LogP contribution is 2.23. The van der Waals surface area contributed by atoms with Crippen LogP contribution in [0.5, 0.6) is 0 Å². The molecule has 0 spiro atoms. The maximum absolute atomic E-state index is 5.96. The lowest BCUT2D eigenvalue weighted by Gasteiger charge is -2.34. The lowest BCUT2D eigenvalue weighted by molar-refractivity contribution is 0.00771. The highest BCUT2D eigenvalue weighted by atomic mass is 28.4. The highest BCUT2D eigenvalue weighted by Gasteiger charge is 2.42. The lowest BCUT2D eigenvalue weighted by atomic mass is 10.2. The van der Waals surface area contributed by atoms with Gasteiger partial charge in [0.2, 0.25) is 0 Å². The van der Waals surface area contributed by atoms with Crippen LogP contribution in [0.2, 0.25) is 6.04 Å². The molecule has 0 saturated heterocycles. The van der Waals surface area contributed by atoms with Gasteiger partial charge in [-0.1, -0.05) is 0 Å². The summed E-state index contributed by atoms with van der Waals surface area (Å²) in [7, 11) is -0.849. The summed E-state index contributed by atoms with van der Waals surface area (Å²) in [6.07, 6.45) is 0.871. The van der Waals surface area contributed by atoms with Crippen molar-refractivity contribution in [3.63, 3.8) is 0 Å². The zero-order valence-electron chi connectivity index (χ0n) is 10.6. The Morgan fingerprint density at radius 3 is 2.20 bits per heavy atom. The van der Waals surface area contributed by atoms with E-state index in [4.69, 9.17) is 19.0 Å². The van der Waals surface area contributed by atoms with Crippen LogP contribution in [0.3, 0.4) is 0 Å². The van der Waals surface area contributed by atoms with Crippen molar-refractivity contribution in [2.75, 3.05) is 20.3 Å². The average molecular weight is 235 g/mol. The maximum atomic E-state index is 5.96. The van der Waals surface area contributed by atoms with E-state index in [2.05, 4.69) is 0 Å². The second-order valence-corrected chi connectivity index (χ2v) is 7.19. The van der Waals surface area contributed by atoms with E-state index >= 15 is 0 Å². The normalized spacial score (nSPS) is 16.4. The van der Waals surface area contributed by atoms with E-state index in [1.165, 1.54) is 0 Å². The van der Waals surface area contributed by atoms with Crippen LogP contribution in [0.25, 0.3) is 0 Å². The van der Waals surface area contributed by atoms with Gasteiger partial charge in [0.1, 0.15) is 0 Å². The van der Waals surface area contributed by atoms with Crippen LogP contribution < -0.4 is 5.73 Å². The fourth-order valence-corrected chi connectivity index (χ4v) is 4.08. The Labute approximate surface area is 94.5 Å². The highest BCUT2D eigenvalue weighted by molar-refractivity contribution is 6.60. The molecule has 0 rings (SSSR count). The molecule has 0 aliphatic heterocycles. The smallest absolute Gasteiger partial charge is 0.377 e. The molecule has 0 aromatic carbocycles. The molecule has 1 unspecified atom stereocenters. The molecule has 5 heteroatoms. The Balaban J connectivity index is 4.49. The Morgan fingerprint density at radius 2 is 1.87 bits per heavy atom. The van der Waals surface area contributed by atoms with Gasteiger partial charge in [-0.3, -0.25) is 0 Å². The first kappa shape index (κ1) is 15.1. The van der Waals surface area contributed by atoms with Crippen LogP contribution in [-0.2, 0) is 13.3 Å². The summed E-state index contributed by atoms with van der Waals surface area (Å²) >= 11 is 0. The van der Waals surface area contributed by atoms with E-state index in [0.29, 0.717) is 13.2 Å². The summed E-state index contributed by atoms with van der Waals surface area (Å²) in [4.78, 5) is 0. The molecule has 0 saturated carbocycles. The van der Waals surface area contributed by atoms with Crippen molar-refractivity contribution in [3.05, 3.63) is 0 Å². The molecule has 0 aromatic heterocycles. The Kier molecular flexibility index (Phi) is 6.62. The van der Waals surface area contributed by atoms with Crippen molar-refractivity contribution in [2.45, 2.75) is 45.8 Å². The molecular weight excluding hydrogens is 210 g/mol. The van der Waals surface area contributed by atoms with E-state index in [0.717, 1.165) is 12.5 Å². The molecule has 4 nitrogen and oxygen atoms in total. The number of rotatable bonds is 7. The van der Waals surface area contributed by atoms with Gasteiger partial charge < -0.3 is 19.0 Å². The molecular formula is C10H25NO3Si. The molecule has 1 atom stereocenters. The quantitative estimate of drug-likeness (QED) is 0.683. The molecule has 92 valence electrons. The van der Waals surface area contributed by atoms with Gasteiger partial charge in [-0.15, -0.1) is 0 Å². The van der Waals surface area contributed by atoms with Crippen molar-refractivity contribution in [2.24, 2.45) is 5.73 Å². The molecule has 0 aliphatic carbocycles. The van der Waals surface area contributed by atoms with Gasteiger partial charge in [0.05, 0.1) is 5.60 Å². The first-order chi connectivity index (χ1) is 6.89. The van der Waals surface area contributed by atoms with Gasteiger partial charge in [-0.05, 0) is 40.7 Å². The van der Waals surface area contributed by atoms with Gasteiger partial charge in [0.15, 0.2) is 0 Å². The molecule has 15 heavy (non-hydrogen) atoms. The topological polar surface area (TPSA) is 53.7 Å². The molecule has 0 radical (unpaired) electrons. The molecule has 0 amide bonds. The van der Waals surface area contributed by atoms with Gasteiger partial charge in [-0.2, -0.15) is 0 Å². The summed E-state index contributed by atoms with van der Waals surface area (Å²) in [6, 6.07) is 0.783. The predicted octanol–water partition coefficient (Wildman–Crippen LogP) is 1.77. The van der Waals surface area contributed by atoms with Crippen LogP contribution in [0.1, 0.15) is 34.1 Å². The molecule has 0 aliphatic rings. The van der Waals surface area contributed by atoms with Crippen molar-refractivity contribution >= 4 is 8.80 Å². The van der Waals surface area contributed by atoms with Gasteiger partial charge in [-0.25, -0.2) is 0 Å². The zero-order chi connectivity index (χ0) is 11.9. The number of hydrogen-bond acceptors (Lipinski definition) is 4. The molecule has 0 fully saturated rings. The predicted molar refractivity (Wildman–Crippen MR) is 63.7 cm³/mol. The lowest BCUT2D eigenvalue weighted by Crippen LogP contribution is -2.50. The van der Waals surface area contributed by atoms with E-state index < -0.39 is 8.80 Å². The average Bonchev–Trinajstić information content (AvgIpc) is 2.12. The Morgan fingerprint density at radius 1 is 1.27 bits per heavy atom. The number of nitrogens with two attached hydrogens (primary N) is 1. The zero-order valence-corrected chi connectivity index (χ0v) is 11.6. The number of hydrogen-bond donors (Lipinski definition) is 1. The van der Waals surface area contributed by atoms with Gasteiger partial charge in [0, 0.05) is 19.8 Å². The third-order valence-corrected chi connectivity index (χ3v) is 5.06. The van der Waals surface area contributed by atoms with E-state index in [1.807, 2.05) is 27.7 Å². The van der Waals surface area contributed by atoms with Crippen LogP contribution >= 0.6 is 0 Å². The van der Waals surface area contributed by atoms with E-state index in [9.17, 15) is 0 Å². The minimum Gasteiger partial charge on any atom is -0.377 e. The van der Waals surface area contributed by atoms with Crippen molar-refractivity contribution in [1.29, 1.82) is 0 Å². The third-order valence-electron chi connectivity index (χ3n) is 1.82. The van der Waals surface area contributed by atoms with Gasteiger partial charge >= 0.3 is 8.80 Å². The van der Waals surface area contributed by atoms with Crippen molar-refractivity contribution in [3.8, 4) is 0 Å². The van der Waals surface area contributed by atoms with Crippen molar-refractivity contribution < 1.29 is 13.3 Å². The van der Waals surface area contributed by atoms with Crippen molar-refractivity contribution in [1.82, 2.24) is 0 Å². The van der Waals surface area contributed by atoms with Gasteiger partial charge in [0.25, 0.3) is 0 Å². The Bertz CT molecular complexity index is 173. The monoisotopic (exact) mass is 235 g/mol. The van der Waals surface area contributed by atoms with Crippen LogP contribution in [-0.4, -0.2) is 34.7 Å². The minimum atomic E-state index is -2.51. The van der Waals surface area contributed by atoms with Crippen LogP contribution in [0.4, 0.5) is 0 Å². The first-order valence-electron chi connectivity index (χ1n) is 5.48. The summed E-state index contributed by atoms with van der Waals surface area (Å²) in [6.45, 7) is 9.23. The third kappa shape index (κ3) is 6.27. The minimum absolute atomic E-state index is 0.244. The standard InChI is InChI=1S/C10H25NO3Si/c1-6-13-15(12-5,9-7-8-11)14-10(2,3)4/h6-9,11H2,1-5H3. The first-order valence-corrected chi connectivity index (χ1v) is 7.41. The van der Waals surface area contributed by atoms with Crippen LogP contribution in [0.15, 0.2) is 0 Å². The summed E-state index contributed by atoms with van der Waals surface area (Å²) < 4.78 is 17.1. The Hall–Kier alpha value is 0.0569.